The van der Waals surface area contributed by atoms with E-state index in [1.54, 1.807) is 12.1 Å². The SMILES string of the molecule is CC1CN(c2ccc(/C(N)=N/O)cc2)CC(CO)O1. The molecule has 0 aliphatic carbocycles. The van der Waals surface area contributed by atoms with Crippen molar-refractivity contribution in [2.45, 2.75) is 19.1 Å². The number of benzene rings is 1. The smallest absolute Gasteiger partial charge is 0.170 e. The number of hydrogen-bond acceptors (Lipinski definition) is 5. The Hall–Kier alpha value is -1.79. The Balaban J connectivity index is 2.13. The normalized spacial score (nSPS) is 24.5. The van der Waals surface area contributed by atoms with Crippen molar-refractivity contribution < 1.29 is 15.1 Å². The van der Waals surface area contributed by atoms with Crippen molar-refractivity contribution >= 4 is 11.5 Å². The van der Waals surface area contributed by atoms with Crippen LogP contribution < -0.4 is 10.6 Å². The highest BCUT2D eigenvalue weighted by Crippen LogP contribution is 2.20. The highest BCUT2D eigenvalue weighted by Gasteiger charge is 2.24. The van der Waals surface area contributed by atoms with Gasteiger partial charge in [0.05, 0.1) is 18.8 Å². The van der Waals surface area contributed by atoms with Gasteiger partial charge in [0.25, 0.3) is 0 Å². The van der Waals surface area contributed by atoms with Gasteiger partial charge in [-0.1, -0.05) is 5.16 Å². The fourth-order valence-electron chi connectivity index (χ4n) is 2.26. The first-order valence-electron chi connectivity index (χ1n) is 6.23. The molecule has 0 amide bonds. The van der Waals surface area contributed by atoms with Gasteiger partial charge in [0.2, 0.25) is 0 Å². The van der Waals surface area contributed by atoms with Crippen LogP contribution in [-0.4, -0.2) is 48.1 Å². The summed E-state index contributed by atoms with van der Waals surface area (Å²) in [5.74, 6) is 0.0927. The van der Waals surface area contributed by atoms with Gasteiger partial charge in [-0.15, -0.1) is 0 Å². The molecule has 1 aromatic rings. The van der Waals surface area contributed by atoms with Crippen LogP contribution in [0.25, 0.3) is 0 Å². The first kappa shape index (κ1) is 13.6. The number of morpholine rings is 1. The second kappa shape index (κ2) is 5.90. The third kappa shape index (κ3) is 3.15. The molecule has 1 aliphatic heterocycles. The third-order valence-corrected chi connectivity index (χ3v) is 3.17. The van der Waals surface area contributed by atoms with E-state index in [2.05, 4.69) is 10.1 Å². The number of amidine groups is 1. The van der Waals surface area contributed by atoms with E-state index in [1.165, 1.54) is 0 Å². The Morgan fingerprint density at radius 3 is 2.68 bits per heavy atom. The summed E-state index contributed by atoms with van der Waals surface area (Å²) in [5, 5.41) is 20.8. The van der Waals surface area contributed by atoms with Gasteiger partial charge in [0, 0.05) is 24.3 Å². The average Bonchev–Trinajstić information content (AvgIpc) is 2.46. The molecule has 6 heteroatoms. The number of anilines is 1. The van der Waals surface area contributed by atoms with Crippen LogP contribution in [0, 0.1) is 0 Å². The third-order valence-electron chi connectivity index (χ3n) is 3.17. The van der Waals surface area contributed by atoms with E-state index in [9.17, 15) is 5.11 Å². The maximum atomic E-state index is 9.21. The second-order valence-electron chi connectivity index (χ2n) is 4.69. The Labute approximate surface area is 112 Å². The van der Waals surface area contributed by atoms with Gasteiger partial charge in [-0.25, -0.2) is 0 Å². The Morgan fingerprint density at radius 1 is 1.42 bits per heavy atom. The van der Waals surface area contributed by atoms with E-state index in [4.69, 9.17) is 15.7 Å². The fourth-order valence-corrected chi connectivity index (χ4v) is 2.26. The minimum atomic E-state index is -0.160. The van der Waals surface area contributed by atoms with Crippen molar-refractivity contribution in [2.24, 2.45) is 10.9 Å². The Bertz CT molecular complexity index is 447. The number of oxime groups is 1. The molecule has 1 fully saturated rings. The van der Waals surface area contributed by atoms with E-state index < -0.39 is 0 Å². The molecule has 0 radical (unpaired) electrons. The number of hydrogen-bond donors (Lipinski definition) is 3. The zero-order chi connectivity index (χ0) is 13.8. The minimum absolute atomic E-state index is 0.0169. The van der Waals surface area contributed by atoms with Crippen molar-refractivity contribution in [1.82, 2.24) is 0 Å². The molecule has 1 aliphatic rings. The summed E-state index contributed by atoms with van der Waals surface area (Å²) in [5.41, 5.74) is 7.22. The quantitative estimate of drug-likeness (QED) is 0.318. The Morgan fingerprint density at radius 2 is 2.11 bits per heavy atom. The molecule has 0 saturated carbocycles. The van der Waals surface area contributed by atoms with Crippen LogP contribution in [0.4, 0.5) is 5.69 Å². The van der Waals surface area contributed by atoms with Gasteiger partial charge in [-0.05, 0) is 31.2 Å². The molecule has 0 spiro atoms. The van der Waals surface area contributed by atoms with E-state index in [0.717, 1.165) is 12.2 Å². The lowest BCUT2D eigenvalue weighted by Crippen LogP contribution is -2.48. The lowest BCUT2D eigenvalue weighted by molar-refractivity contribution is -0.0421. The lowest BCUT2D eigenvalue weighted by Gasteiger charge is -2.37. The van der Waals surface area contributed by atoms with E-state index in [1.807, 2.05) is 19.1 Å². The van der Waals surface area contributed by atoms with Crippen LogP contribution in [0.3, 0.4) is 0 Å². The molecular formula is C13H19N3O3. The first-order chi connectivity index (χ1) is 9.13. The summed E-state index contributed by atoms with van der Waals surface area (Å²) in [6, 6.07) is 7.44. The van der Waals surface area contributed by atoms with Crippen LogP contribution in [0.15, 0.2) is 29.4 Å². The lowest BCUT2D eigenvalue weighted by atomic mass is 10.1. The van der Waals surface area contributed by atoms with Crippen LogP contribution >= 0.6 is 0 Å². The molecule has 1 saturated heterocycles. The van der Waals surface area contributed by atoms with Crippen LogP contribution in [0.1, 0.15) is 12.5 Å². The van der Waals surface area contributed by atoms with Crippen molar-refractivity contribution in [1.29, 1.82) is 0 Å². The molecule has 1 aromatic carbocycles. The number of nitrogens with two attached hydrogens (primary N) is 1. The van der Waals surface area contributed by atoms with Gasteiger partial charge in [-0.3, -0.25) is 0 Å². The number of aliphatic hydroxyl groups is 1. The standard InChI is InChI=1S/C13H19N3O3/c1-9-6-16(7-12(8-17)19-9)11-4-2-10(3-5-11)13(14)15-18/h2-5,9,12,17-18H,6-8H2,1H3,(H2,14,15). The summed E-state index contributed by atoms with van der Waals surface area (Å²) in [4.78, 5) is 2.16. The number of aliphatic hydroxyl groups excluding tert-OH is 1. The monoisotopic (exact) mass is 265 g/mol. The molecule has 0 aromatic heterocycles. The maximum absolute atomic E-state index is 9.21. The number of nitrogens with zero attached hydrogens (tertiary/aromatic N) is 2. The summed E-state index contributed by atoms with van der Waals surface area (Å²) in [6.45, 7) is 3.44. The number of ether oxygens (including phenoxy) is 1. The molecular weight excluding hydrogens is 246 g/mol. The molecule has 0 bridgehead atoms. The summed E-state index contributed by atoms with van der Waals surface area (Å²) in [7, 11) is 0. The zero-order valence-corrected chi connectivity index (χ0v) is 10.9. The van der Waals surface area contributed by atoms with Gasteiger partial charge < -0.3 is 25.7 Å². The first-order valence-corrected chi connectivity index (χ1v) is 6.23. The fraction of sp³-hybridized carbons (Fsp3) is 0.462. The van der Waals surface area contributed by atoms with Gasteiger partial charge >= 0.3 is 0 Å². The summed E-state index contributed by atoms with van der Waals surface area (Å²) in [6.07, 6.45) is -0.0813. The van der Waals surface area contributed by atoms with Crippen molar-refractivity contribution in [2.75, 3.05) is 24.6 Å². The van der Waals surface area contributed by atoms with Gasteiger partial charge in [-0.2, -0.15) is 0 Å². The number of rotatable bonds is 3. The molecule has 19 heavy (non-hydrogen) atoms. The minimum Gasteiger partial charge on any atom is -0.409 e. The predicted molar refractivity (Wildman–Crippen MR) is 72.6 cm³/mol. The largest absolute Gasteiger partial charge is 0.409 e. The zero-order valence-electron chi connectivity index (χ0n) is 10.9. The average molecular weight is 265 g/mol. The van der Waals surface area contributed by atoms with Crippen molar-refractivity contribution in [3.63, 3.8) is 0 Å². The van der Waals surface area contributed by atoms with Crippen LogP contribution in [0.2, 0.25) is 0 Å². The van der Waals surface area contributed by atoms with Gasteiger partial charge in [0.15, 0.2) is 5.84 Å². The molecule has 1 heterocycles. The van der Waals surface area contributed by atoms with Crippen molar-refractivity contribution in [3.05, 3.63) is 29.8 Å². The van der Waals surface area contributed by atoms with E-state index >= 15 is 0 Å². The summed E-state index contributed by atoms with van der Waals surface area (Å²) >= 11 is 0. The molecule has 104 valence electrons. The highest BCUT2D eigenvalue weighted by atomic mass is 16.5. The topological polar surface area (TPSA) is 91.3 Å². The Kier molecular flexibility index (Phi) is 4.24. The molecule has 6 nitrogen and oxygen atoms in total. The van der Waals surface area contributed by atoms with Crippen LogP contribution in [-0.2, 0) is 4.74 Å². The second-order valence-corrected chi connectivity index (χ2v) is 4.69. The van der Waals surface area contributed by atoms with Crippen LogP contribution in [0.5, 0.6) is 0 Å². The molecule has 2 rings (SSSR count). The molecule has 2 unspecified atom stereocenters. The summed E-state index contributed by atoms with van der Waals surface area (Å²) < 4.78 is 5.60. The van der Waals surface area contributed by atoms with E-state index in [-0.39, 0.29) is 24.7 Å². The molecule has 2 atom stereocenters. The van der Waals surface area contributed by atoms with Crippen molar-refractivity contribution in [3.8, 4) is 0 Å². The van der Waals surface area contributed by atoms with E-state index in [0.29, 0.717) is 12.1 Å². The predicted octanol–water partition coefficient (Wildman–Crippen LogP) is 0.367. The maximum Gasteiger partial charge on any atom is 0.170 e. The highest BCUT2D eigenvalue weighted by molar-refractivity contribution is 5.97. The molecule has 4 N–H and O–H groups in total. The van der Waals surface area contributed by atoms with Gasteiger partial charge in [0.1, 0.15) is 0 Å².